The Hall–Kier alpha value is -3.87. The third-order valence-corrected chi connectivity index (χ3v) is 5.40. The van der Waals surface area contributed by atoms with Gasteiger partial charge in [0.05, 0.1) is 11.4 Å². The van der Waals surface area contributed by atoms with Gasteiger partial charge in [0.1, 0.15) is 11.0 Å². The Morgan fingerprint density at radius 3 is 2.17 bits per heavy atom. The number of hydrogen-bond donors (Lipinski definition) is 1. The van der Waals surface area contributed by atoms with E-state index in [0.717, 1.165) is 21.4 Å². The number of anilines is 2. The molecule has 0 spiro atoms. The molecule has 0 saturated carbocycles. The van der Waals surface area contributed by atoms with Gasteiger partial charge >= 0.3 is 5.69 Å². The van der Waals surface area contributed by atoms with Crippen molar-refractivity contribution in [3.63, 3.8) is 0 Å². The number of hydrogen-bond acceptors (Lipinski definition) is 4. The molecule has 7 heteroatoms. The number of pyridine rings is 1. The standard InChI is InChI=1S/C23H22N4O3/c1-14-10-11-16(12-15(14)2)24-18-13-19(28)27(17-8-6-5-7-9-17)21-20(18)22(29)26(4)23(30)25(21)3/h5-13,24H,1-4H3. The van der Waals surface area contributed by atoms with Crippen molar-refractivity contribution in [1.82, 2.24) is 13.7 Å². The maximum Gasteiger partial charge on any atom is 0.332 e. The van der Waals surface area contributed by atoms with Gasteiger partial charge in [-0.1, -0.05) is 24.3 Å². The Bertz CT molecular complexity index is 1460. The highest BCUT2D eigenvalue weighted by Crippen LogP contribution is 2.24. The summed E-state index contributed by atoms with van der Waals surface area (Å²) in [5.41, 5.74) is 2.85. The molecule has 4 rings (SSSR count). The average Bonchev–Trinajstić information content (AvgIpc) is 2.73. The maximum atomic E-state index is 13.1. The number of aromatic nitrogens is 3. The van der Waals surface area contributed by atoms with Crippen molar-refractivity contribution in [2.24, 2.45) is 14.1 Å². The molecule has 0 unspecified atom stereocenters. The van der Waals surface area contributed by atoms with Crippen LogP contribution in [0.15, 0.2) is 69.0 Å². The second kappa shape index (κ2) is 7.18. The van der Waals surface area contributed by atoms with Crippen molar-refractivity contribution in [2.75, 3.05) is 5.32 Å². The van der Waals surface area contributed by atoms with E-state index in [2.05, 4.69) is 5.32 Å². The molecule has 7 nitrogen and oxygen atoms in total. The van der Waals surface area contributed by atoms with Gasteiger partial charge in [-0.05, 0) is 49.2 Å². The van der Waals surface area contributed by atoms with E-state index in [9.17, 15) is 14.4 Å². The summed E-state index contributed by atoms with van der Waals surface area (Å²) in [5, 5.41) is 3.47. The highest BCUT2D eigenvalue weighted by molar-refractivity contribution is 5.91. The van der Waals surface area contributed by atoms with Crippen LogP contribution in [0.5, 0.6) is 0 Å². The van der Waals surface area contributed by atoms with Crippen LogP contribution in [-0.4, -0.2) is 13.7 Å². The molecule has 0 aliphatic heterocycles. The van der Waals surface area contributed by atoms with Gasteiger partial charge in [-0.25, -0.2) is 4.79 Å². The highest BCUT2D eigenvalue weighted by atomic mass is 16.2. The summed E-state index contributed by atoms with van der Waals surface area (Å²) in [6.45, 7) is 4.01. The molecule has 30 heavy (non-hydrogen) atoms. The zero-order valence-electron chi connectivity index (χ0n) is 17.3. The monoisotopic (exact) mass is 402 g/mol. The van der Waals surface area contributed by atoms with Gasteiger partial charge in [0.2, 0.25) is 0 Å². The van der Waals surface area contributed by atoms with E-state index >= 15 is 0 Å². The van der Waals surface area contributed by atoms with Crippen LogP contribution in [-0.2, 0) is 14.1 Å². The van der Waals surface area contributed by atoms with Gasteiger partial charge in [-0.2, -0.15) is 0 Å². The predicted molar refractivity (Wildman–Crippen MR) is 119 cm³/mol. The van der Waals surface area contributed by atoms with Crippen LogP contribution in [0, 0.1) is 13.8 Å². The number of rotatable bonds is 3. The summed E-state index contributed by atoms with van der Waals surface area (Å²) < 4.78 is 3.77. The molecular weight excluding hydrogens is 380 g/mol. The van der Waals surface area contributed by atoms with Crippen molar-refractivity contribution >= 4 is 22.4 Å². The van der Waals surface area contributed by atoms with E-state index in [-0.39, 0.29) is 16.6 Å². The molecule has 0 bridgehead atoms. The van der Waals surface area contributed by atoms with Crippen molar-refractivity contribution in [3.8, 4) is 5.69 Å². The number of benzene rings is 2. The van der Waals surface area contributed by atoms with Gasteiger partial charge in [0.25, 0.3) is 11.1 Å². The van der Waals surface area contributed by atoms with E-state index in [1.807, 2.05) is 38.1 Å². The van der Waals surface area contributed by atoms with Crippen LogP contribution < -0.4 is 22.1 Å². The Balaban J connectivity index is 2.11. The van der Waals surface area contributed by atoms with Crippen LogP contribution >= 0.6 is 0 Å². The maximum absolute atomic E-state index is 13.1. The third kappa shape index (κ3) is 3.04. The molecule has 0 radical (unpaired) electrons. The summed E-state index contributed by atoms with van der Waals surface area (Å²) in [6, 6.07) is 16.2. The van der Waals surface area contributed by atoms with Crippen LogP contribution in [0.4, 0.5) is 11.4 Å². The number of fused-ring (bicyclic) bond motifs is 1. The quantitative estimate of drug-likeness (QED) is 0.572. The molecule has 0 atom stereocenters. The highest BCUT2D eigenvalue weighted by Gasteiger charge is 2.19. The largest absolute Gasteiger partial charge is 0.355 e. The molecule has 0 fully saturated rings. The van der Waals surface area contributed by atoms with Crippen molar-refractivity contribution in [1.29, 1.82) is 0 Å². The summed E-state index contributed by atoms with van der Waals surface area (Å²) in [7, 11) is 2.99. The fourth-order valence-electron chi connectivity index (χ4n) is 3.60. The third-order valence-electron chi connectivity index (χ3n) is 5.40. The van der Waals surface area contributed by atoms with Gasteiger partial charge < -0.3 is 5.32 Å². The normalized spacial score (nSPS) is 11.1. The van der Waals surface area contributed by atoms with Crippen LogP contribution in [0.25, 0.3) is 16.7 Å². The second-order valence-electron chi connectivity index (χ2n) is 7.40. The molecular formula is C23H22N4O3. The number of nitrogens with one attached hydrogen (secondary N) is 1. The lowest BCUT2D eigenvalue weighted by Gasteiger charge is -2.18. The van der Waals surface area contributed by atoms with E-state index < -0.39 is 11.2 Å². The lowest BCUT2D eigenvalue weighted by atomic mass is 10.1. The molecule has 2 heterocycles. The summed E-state index contributed by atoms with van der Waals surface area (Å²) in [6.07, 6.45) is 0. The fraction of sp³-hybridized carbons (Fsp3) is 0.174. The van der Waals surface area contributed by atoms with Crippen molar-refractivity contribution in [3.05, 3.63) is 96.9 Å². The SMILES string of the molecule is Cc1ccc(Nc2cc(=O)n(-c3ccccc3)c3c2c(=O)n(C)c(=O)n3C)cc1C. The minimum Gasteiger partial charge on any atom is -0.355 e. The molecule has 2 aromatic heterocycles. The summed E-state index contributed by atoms with van der Waals surface area (Å²) in [4.78, 5) is 38.9. The van der Waals surface area contributed by atoms with Gasteiger partial charge in [-0.15, -0.1) is 0 Å². The molecule has 0 aliphatic carbocycles. The van der Waals surface area contributed by atoms with Crippen molar-refractivity contribution < 1.29 is 0 Å². The molecule has 1 N–H and O–H groups in total. The van der Waals surface area contributed by atoms with Gasteiger partial charge in [-0.3, -0.25) is 23.3 Å². The predicted octanol–water partition coefficient (Wildman–Crippen LogP) is 2.75. The minimum atomic E-state index is -0.500. The molecule has 152 valence electrons. The lowest BCUT2D eigenvalue weighted by molar-refractivity contribution is 0.699. The average molecular weight is 402 g/mol. The Kier molecular flexibility index (Phi) is 4.66. The fourth-order valence-corrected chi connectivity index (χ4v) is 3.60. The van der Waals surface area contributed by atoms with E-state index in [1.165, 1.54) is 22.2 Å². The van der Waals surface area contributed by atoms with Crippen LogP contribution in [0.3, 0.4) is 0 Å². The zero-order valence-corrected chi connectivity index (χ0v) is 17.3. The number of nitrogens with zero attached hydrogens (tertiary/aromatic N) is 3. The van der Waals surface area contributed by atoms with E-state index in [0.29, 0.717) is 11.4 Å². The summed E-state index contributed by atoms with van der Waals surface area (Å²) >= 11 is 0. The first-order valence-corrected chi connectivity index (χ1v) is 9.55. The molecule has 0 saturated heterocycles. The molecule has 4 aromatic rings. The molecule has 0 amide bonds. The Labute approximate surface area is 172 Å². The van der Waals surface area contributed by atoms with Gasteiger partial charge in [0, 0.05) is 25.8 Å². The van der Waals surface area contributed by atoms with Crippen molar-refractivity contribution in [2.45, 2.75) is 13.8 Å². The number of aryl methyl sites for hydroxylation is 3. The first kappa shape index (κ1) is 19.4. The zero-order chi connectivity index (χ0) is 21.6. The van der Waals surface area contributed by atoms with Gasteiger partial charge in [0.15, 0.2) is 0 Å². The van der Waals surface area contributed by atoms with E-state index in [4.69, 9.17) is 0 Å². The summed E-state index contributed by atoms with van der Waals surface area (Å²) in [5.74, 6) is 0. The number of para-hydroxylation sites is 1. The first-order valence-electron chi connectivity index (χ1n) is 9.55. The second-order valence-corrected chi connectivity index (χ2v) is 7.40. The molecule has 0 aliphatic rings. The van der Waals surface area contributed by atoms with E-state index in [1.54, 1.807) is 31.3 Å². The Morgan fingerprint density at radius 1 is 0.800 bits per heavy atom. The smallest absolute Gasteiger partial charge is 0.332 e. The minimum absolute atomic E-state index is 0.244. The first-order chi connectivity index (χ1) is 14.3. The topological polar surface area (TPSA) is 78.0 Å². The Morgan fingerprint density at radius 2 is 1.50 bits per heavy atom. The lowest BCUT2D eigenvalue weighted by Crippen LogP contribution is -2.39. The molecule has 2 aromatic carbocycles. The van der Waals surface area contributed by atoms with Crippen LogP contribution in [0.2, 0.25) is 0 Å². The van der Waals surface area contributed by atoms with Crippen LogP contribution in [0.1, 0.15) is 11.1 Å².